The number of nitrogens with zero attached hydrogens (tertiary/aromatic N) is 2. The molecule has 6 nitrogen and oxygen atoms in total. The van der Waals surface area contributed by atoms with Crippen LogP contribution in [0.2, 0.25) is 0 Å². The van der Waals surface area contributed by atoms with E-state index in [0.29, 0.717) is 18.7 Å². The van der Waals surface area contributed by atoms with Crippen LogP contribution in [0, 0.1) is 0 Å². The van der Waals surface area contributed by atoms with Crippen LogP contribution < -0.4 is 9.64 Å². The Morgan fingerprint density at radius 3 is 2.58 bits per heavy atom. The summed E-state index contributed by atoms with van der Waals surface area (Å²) >= 11 is 1.62. The summed E-state index contributed by atoms with van der Waals surface area (Å²) < 4.78 is 11.0. The maximum Gasteiger partial charge on any atom is 0.290 e. The molecule has 0 unspecified atom stereocenters. The van der Waals surface area contributed by atoms with E-state index in [1.54, 1.807) is 35.9 Å². The van der Waals surface area contributed by atoms with Crippen LogP contribution in [0.25, 0.3) is 11.3 Å². The number of hydrogen-bond donors (Lipinski definition) is 0. The highest BCUT2D eigenvalue weighted by Crippen LogP contribution is 2.40. The van der Waals surface area contributed by atoms with Crippen molar-refractivity contribution in [1.29, 1.82) is 0 Å². The molecule has 0 radical (unpaired) electrons. The Labute approximate surface area is 184 Å². The summed E-state index contributed by atoms with van der Waals surface area (Å²) in [6.45, 7) is 0.510. The molecule has 158 valence electrons. The molecule has 7 heteroatoms. The van der Waals surface area contributed by atoms with Crippen LogP contribution in [0.3, 0.4) is 0 Å². The minimum atomic E-state index is -0.443. The van der Waals surface area contributed by atoms with Gasteiger partial charge >= 0.3 is 0 Å². The van der Waals surface area contributed by atoms with Gasteiger partial charge in [-0.05, 0) is 61.2 Å². The molecule has 31 heavy (non-hydrogen) atoms. The van der Waals surface area contributed by atoms with Crippen molar-refractivity contribution >= 4 is 29.3 Å². The standard InChI is InChI=1S/C24H22N2O4S/c1-29-17-9-7-15(8-10-17)20-11-12-21(30-20)24(28)25-14-16-13-19(25)23(27)26(16)18-5-3-4-6-22(18)31-2/h3-12,16,19H,13-14H2,1-2H3/t16-,19-/m0/s1. The number of thioether (sulfide) groups is 1. The molecule has 0 spiro atoms. The van der Waals surface area contributed by atoms with Crippen LogP contribution in [0.4, 0.5) is 5.69 Å². The quantitative estimate of drug-likeness (QED) is 0.560. The van der Waals surface area contributed by atoms with Crippen molar-refractivity contribution in [1.82, 2.24) is 4.90 Å². The van der Waals surface area contributed by atoms with E-state index < -0.39 is 6.04 Å². The number of benzene rings is 2. The number of rotatable bonds is 5. The van der Waals surface area contributed by atoms with Crippen molar-refractivity contribution in [2.75, 3.05) is 24.8 Å². The first kappa shape index (κ1) is 19.8. The number of amides is 2. The average molecular weight is 435 g/mol. The number of piperazine rings is 1. The van der Waals surface area contributed by atoms with Gasteiger partial charge in [0.15, 0.2) is 5.76 Å². The van der Waals surface area contributed by atoms with E-state index in [1.165, 1.54) is 0 Å². The number of para-hydroxylation sites is 1. The Morgan fingerprint density at radius 2 is 1.87 bits per heavy atom. The number of hydrogen-bond acceptors (Lipinski definition) is 5. The van der Waals surface area contributed by atoms with Crippen LogP contribution in [-0.4, -0.2) is 48.7 Å². The first-order valence-corrected chi connectivity index (χ1v) is 11.3. The molecule has 0 aliphatic carbocycles. The summed E-state index contributed by atoms with van der Waals surface area (Å²) in [5.41, 5.74) is 1.79. The van der Waals surface area contributed by atoms with E-state index in [0.717, 1.165) is 21.9 Å². The first-order valence-electron chi connectivity index (χ1n) is 10.1. The molecule has 2 bridgehead atoms. The van der Waals surface area contributed by atoms with Crippen LogP contribution in [0.5, 0.6) is 5.75 Å². The molecule has 5 rings (SSSR count). The molecule has 0 saturated carbocycles. The normalized spacial score (nSPS) is 19.9. The van der Waals surface area contributed by atoms with Crippen molar-refractivity contribution < 1.29 is 18.7 Å². The molecule has 2 aromatic carbocycles. The predicted molar refractivity (Wildman–Crippen MR) is 120 cm³/mol. The molecule has 2 saturated heterocycles. The van der Waals surface area contributed by atoms with Gasteiger partial charge in [-0.3, -0.25) is 9.59 Å². The van der Waals surface area contributed by atoms with Crippen molar-refractivity contribution in [3.8, 4) is 17.1 Å². The molecule has 2 fully saturated rings. The fourth-order valence-electron chi connectivity index (χ4n) is 4.45. The molecule has 2 aliphatic rings. The SMILES string of the molecule is COc1ccc(-c2ccc(C(=O)N3C[C@@H]4C[C@H]3C(=O)N4c3ccccc3SC)o2)cc1. The van der Waals surface area contributed by atoms with Gasteiger partial charge in [-0.1, -0.05) is 12.1 Å². The Hall–Kier alpha value is -3.19. The lowest BCUT2D eigenvalue weighted by atomic mass is 10.2. The number of carbonyl (C=O) groups excluding carboxylic acids is 2. The van der Waals surface area contributed by atoms with E-state index in [9.17, 15) is 9.59 Å². The van der Waals surface area contributed by atoms with E-state index in [4.69, 9.17) is 9.15 Å². The van der Waals surface area contributed by atoms with Crippen molar-refractivity contribution in [3.63, 3.8) is 0 Å². The Balaban J connectivity index is 1.35. The van der Waals surface area contributed by atoms with E-state index in [-0.39, 0.29) is 23.6 Å². The van der Waals surface area contributed by atoms with Gasteiger partial charge in [0.1, 0.15) is 17.6 Å². The zero-order valence-corrected chi connectivity index (χ0v) is 18.1. The maximum atomic E-state index is 13.1. The zero-order chi connectivity index (χ0) is 21.5. The average Bonchev–Trinajstić information content (AvgIpc) is 3.54. The highest BCUT2D eigenvalue weighted by atomic mass is 32.2. The molecule has 1 aromatic heterocycles. The second-order valence-corrected chi connectivity index (χ2v) is 8.48. The number of methoxy groups -OCH3 is 1. The number of furan rings is 1. The van der Waals surface area contributed by atoms with Gasteiger partial charge in [0.05, 0.1) is 18.8 Å². The zero-order valence-electron chi connectivity index (χ0n) is 17.3. The van der Waals surface area contributed by atoms with Gasteiger partial charge in [0, 0.05) is 17.0 Å². The lowest BCUT2D eigenvalue weighted by Gasteiger charge is -2.34. The van der Waals surface area contributed by atoms with Crippen molar-refractivity contribution in [3.05, 3.63) is 66.4 Å². The minimum absolute atomic E-state index is 0.00855. The van der Waals surface area contributed by atoms with Gasteiger partial charge in [0.2, 0.25) is 5.91 Å². The summed E-state index contributed by atoms with van der Waals surface area (Å²) in [4.78, 5) is 30.9. The highest BCUT2D eigenvalue weighted by molar-refractivity contribution is 7.98. The number of anilines is 1. The van der Waals surface area contributed by atoms with E-state index in [2.05, 4.69) is 0 Å². The van der Waals surface area contributed by atoms with Gasteiger partial charge in [-0.25, -0.2) is 0 Å². The number of fused-ring (bicyclic) bond motifs is 2. The maximum absolute atomic E-state index is 13.1. The number of carbonyl (C=O) groups is 2. The molecular weight excluding hydrogens is 412 g/mol. The van der Waals surface area contributed by atoms with Gasteiger partial charge in [-0.15, -0.1) is 11.8 Å². The van der Waals surface area contributed by atoms with Crippen LogP contribution in [0.1, 0.15) is 17.0 Å². The third kappa shape index (κ3) is 3.29. The molecule has 0 N–H and O–H groups in total. The predicted octanol–water partition coefficient (Wildman–Crippen LogP) is 4.31. The van der Waals surface area contributed by atoms with Gasteiger partial charge in [-0.2, -0.15) is 0 Å². The molecular formula is C24H22N2O4S. The third-order valence-electron chi connectivity index (χ3n) is 5.96. The highest BCUT2D eigenvalue weighted by Gasteiger charge is 2.52. The Bertz CT molecular complexity index is 1140. The van der Waals surface area contributed by atoms with E-state index >= 15 is 0 Å². The molecule has 2 atom stereocenters. The smallest absolute Gasteiger partial charge is 0.290 e. The Kier molecular flexibility index (Phi) is 4.98. The van der Waals surface area contributed by atoms with Crippen LogP contribution >= 0.6 is 11.8 Å². The molecule has 3 heterocycles. The van der Waals surface area contributed by atoms with Gasteiger partial charge in [0.25, 0.3) is 5.91 Å². The summed E-state index contributed by atoms with van der Waals surface area (Å²) in [6.07, 6.45) is 2.66. The molecule has 2 amide bonds. The second-order valence-electron chi connectivity index (χ2n) is 7.64. The third-order valence-corrected chi connectivity index (χ3v) is 6.75. The minimum Gasteiger partial charge on any atom is -0.497 e. The fourth-order valence-corrected chi connectivity index (χ4v) is 5.04. The second kappa shape index (κ2) is 7.81. The number of likely N-dealkylation sites (tertiary alicyclic amines) is 1. The van der Waals surface area contributed by atoms with Crippen molar-refractivity contribution in [2.24, 2.45) is 0 Å². The topological polar surface area (TPSA) is 63.0 Å². The van der Waals surface area contributed by atoms with Crippen LogP contribution in [0.15, 0.2) is 70.0 Å². The van der Waals surface area contributed by atoms with Crippen LogP contribution in [-0.2, 0) is 4.79 Å². The summed E-state index contributed by atoms with van der Waals surface area (Å²) in [5, 5.41) is 0. The summed E-state index contributed by atoms with van der Waals surface area (Å²) in [7, 11) is 1.62. The summed E-state index contributed by atoms with van der Waals surface area (Å²) in [6, 6.07) is 18.4. The molecule has 3 aromatic rings. The monoisotopic (exact) mass is 434 g/mol. The van der Waals surface area contributed by atoms with E-state index in [1.807, 2.05) is 59.7 Å². The lowest BCUT2D eigenvalue weighted by molar-refractivity contribution is -0.121. The fraction of sp³-hybridized carbons (Fsp3) is 0.250. The first-order chi connectivity index (χ1) is 15.1. The van der Waals surface area contributed by atoms with Crippen molar-refractivity contribution in [2.45, 2.75) is 23.4 Å². The molecule has 2 aliphatic heterocycles. The Morgan fingerprint density at radius 1 is 1.10 bits per heavy atom. The van der Waals surface area contributed by atoms with Gasteiger partial charge < -0.3 is 19.0 Å². The summed E-state index contributed by atoms with van der Waals surface area (Å²) in [5.74, 6) is 1.36. The lowest BCUT2D eigenvalue weighted by Crippen LogP contribution is -2.52. The largest absolute Gasteiger partial charge is 0.497 e. The number of ether oxygens (including phenoxy) is 1.